The molecule has 0 atom stereocenters. The van der Waals surface area contributed by atoms with Gasteiger partial charge in [0.25, 0.3) is 0 Å². The van der Waals surface area contributed by atoms with Gasteiger partial charge in [-0.3, -0.25) is 4.98 Å². The highest BCUT2D eigenvalue weighted by Crippen LogP contribution is 2.00. The lowest BCUT2D eigenvalue weighted by atomic mass is 10.2. The van der Waals surface area contributed by atoms with Gasteiger partial charge in [-0.15, -0.1) is 0 Å². The lowest BCUT2D eigenvalue weighted by Crippen LogP contribution is -2.19. The maximum atomic E-state index is 8.59. The topological polar surface area (TPSA) is 54.4 Å². The number of nitrogens with zero attached hydrogens (tertiary/aromatic N) is 1. The van der Waals surface area contributed by atoms with E-state index in [0.717, 1.165) is 38.3 Å². The van der Waals surface area contributed by atoms with Crippen LogP contribution in [0.3, 0.4) is 0 Å². The van der Waals surface area contributed by atoms with E-state index in [0.29, 0.717) is 6.54 Å². The molecule has 2 N–H and O–H groups in total. The van der Waals surface area contributed by atoms with Crippen LogP contribution in [0, 0.1) is 0 Å². The van der Waals surface area contributed by atoms with E-state index < -0.39 is 0 Å². The minimum atomic E-state index is 0.226. The van der Waals surface area contributed by atoms with Gasteiger partial charge < -0.3 is 15.2 Å². The lowest BCUT2D eigenvalue weighted by Gasteiger charge is -2.05. The molecule has 1 aromatic rings. The minimum Gasteiger partial charge on any atom is -0.395 e. The first-order valence-corrected chi connectivity index (χ1v) is 7.22. The van der Waals surface area contributed by atoms with Gasteiger partial charge >= 0.3 is 0 Å². The van der Waals surface area contributed by atoms with E-state index in [4.69, 9.17) is 9.84 Å². The molecule has 4 heteroatoms. The molecule has 19 heavy (non-hydrogen) atoms. The molecule has 0 aliphatic heterocycles. The van der Waals surface area contributed by atoms with Crippen molar-refractivity contribution in [2.45, 2.75) is 32.1 Å². The summed E-state index contributed by atoms with van der Waals surface area (Å²) >= 11 is 0. The third-order valence-corrected chi connectivity index (χ3v) is 2.91. The van der Waals surface area contributed by atoms with Crippen LogP contribution in [0.15, 0.2) is 24.4 Å². The van der Waals surface area contributed by atoms with Gasteiger partial charge in [-0.2, -0.15) is 0 Å². The Hall–Kier alpha value is -0.970. The van der Waals surface area contributed by atoms with Crippen LogP contribution >= 0.6 is 0 Å². The molecule has 0 fully saturated rings. The molecule has 1 rings (SSSR count). The molecule has 0 radical (unpaired) electrons. The van der Waals surface area contributed by atoms with Crippen molar-refractivity contribution >= 4 is 0 Å². The van der Waals surface area contributed by atoms with Crippen LogP contribution in [0.25, 0.3) is 0 Å². The van der Waals surface area contributed by atoms with Crippen molar-refractivity contribution in [2.24, 2.45) is 0 Å². The van der Waals surface area contributed by atoms with Crippen LogP contribution in [0.1, 0.15) is 31.4 Å². The smallest absolute Gasteiger partial charge is 0.0555 e. The number of aromatic nitrogens is 1. The van der Waals surface area contributed by atoms with Crippen molar-refractivity contribution in [3.63, 3.8) is 0 Å². The Morgan fingerprint density at radius 2 is 1.95 bits per heavy atom. The fraction of sp³-hybridized carbons (Fsp3) is 0.667. The summed E-state index contributed by atoms with van der Waals surface area (Å²) in [4.78, 5) is 4.26. The van der Waals surface area contributed by atoms with Gasteiger partial charge in [0.05, 0.1) is 13.2 Å². The van der Waals surface area contributed by atoms with Gasteiger partial charge in [-0.05, 0) is 31.5 Å². The van der Waals surface area contributed by atoms with E-state index >= 15 is 0 Å². The first-order chi connectivity index (χ1) is 9.43. The molecule has 0 saturated heterocycles. The van der Waals surface area contributed by atoms with Gasteiger partial charge in [-0.1, -0.05) is 18.9 Å². The predicted molar refractivity (Wildman–Crippen MR) is 77.2 cm³/mol. The van der Waals surface area contributed by atoms with Crippen LogP contribution in [-0.4, -0.2) is 43.0 Å². The monoisotopic (exact) mass is 266 g/mol. The van der Waals surface area contributed by atoms with E-state index in [-0.39, 0.29) is 6.61 Å². The maximum absolute atomic E-state index is 8.59. The molecule has 0 aliphatic carbocycles. The van der Waals surface area contributed by atoms with E-state index in [1.807, 2.05) is 24.4 Å². The number of hydrogen-bond acceptors (Lipinski definition) is 4. The van der Waals surface area contributed by atoms with Crippen LogP contribution < -0.4 is 5.32 Å². The van der Waals surface area contributed by atoms with Crippen molar-refractivity contribution in [1.82, 2.24) is 10.3 Å². The normalized spacial score (nSPS) is 10.8. The van der Waals surface area contributed by atoms with E-state index in [1.54, 1.807) is 0 Å². The summed E-state index contributed by atoms with van der Waals surface area (Å²) in [7, 11) is 0. The molecule has 0 bridgehead atoms. The summed E-state index contributed by atoms with van der Waals surface area (Å²) in [6, 6.07) is 5.97. The molecular formula is C15H26N2O2. The minimum absolute atomic E-state index is 0.226. The van der Waals surface area contributed by atoms with Crippen LogP contribution in [0.4, 0.5) is 0 Å². The second-order valence-electron chi connectivity index (χ2n) is 4.57. The Kier molecular flexibility index (Phi) is 10.2. The number of nitrogens with one attached hydrogen (secondary N) is 1. The van der Waals surface area contributed by atoms with Gasteiger partial charge in [0.2, 0.25) is 0 Å². The first-order valence-electron chi connectivity index (χ1n) is 7.22. The van der Waals surface area contributed by atoms with Gasteiger partial charge in [0, 0.05) is 31.5 Å². The molecule has 0 unspecified atom stereocenters. The summed E-state index contributed by atoms with van der Waals surface area (Å²) < 4.78 is 5.59. The Balaban J connectivity index is 1.79. The SMILES string of the molecule is OCCNCCCCCCOCCc1ccccn1. The predicted octanol–water partition coefficient (Wildman–Crippen LogP) is 1.78. The molecular weight excluding hydrogens is 240 g/mol. The summed E-state index contributed by atoms with van der Waals surface area (Å²) in [6.45, 7) is 3.54. The quantitative estimate of drug-likeness (QED) is 0.566. The third kappa shape index (κ3) is 9.59. The standard InChI is InChI=1S/C15H26N2O2/c18-12-11-16-9-4-1-2-6-13-19-14-8-15-7-3-5-10-17-15/h3,5,7,10,16,18H,1-2,4,6,8-9,11-14H2. The van der Waals surface area contributed by atoms with Crippen molar-refractivity contribution in [2.75, 3.05) is 32.9 Å². The Morgan fingerprint density at radius 1 is 1.05 bits per heavy atom. The van der Waals surface area contributed by atoms with Gasteiger partial charge in [0.15, 0.2) is 0 Å². The summed E-state index contributed by atoms with van der Waals surface area (Å²) in [5, 5.41) is 11.8. The number of hydrogen-bond donors (Lipinski definition) is 2. The second-order valence-corrected chi connectivity index (χ2v) is 4.57. The largest absolute Gasteiger partial charge is 0.395 e. The first kappa shape index (κ1) is 16.1. The van der Waals surface area contributed by atoms with E-state index in [2.05, 4.69) is 10.3 Å². The Morgan fingerprint density at radius 3 is 2.74 bits per heavy atom. The highest BCUT2D eigenvalue weighted by atomic mass is 16.5. The number of ether oxygens (including phenoxy) is 1. The summed E-state index contributed by atoms with van der Waals surface area (Å²) in [6.07, 6.45) is 7.45. The zero-order valence-electron chi connectivity index (χ0n) is 11.7. The van der Waals surface area contributed by atoms with Crippen molar-refractivity contribution in [1.29, 1.82) is 0 Å². The zero-order valence-corrected chi connectivity index (χ0v) is 11.7. The van der Waals surface area contributed by atoms with E-state index in [1.165, 1.54) is 19.3 Å². The van der Waals surface area contributed by atoms with Crippen molar-refractivity contribution in [3.05, 3.63) is 30.1 Å². The highest BCUT2D eigenvalue weighted by molar-refractivity contribution is 5.03. The number of unbranched alkanes of at least 4 members (excludes halogenated alkanes) is 3. The highest BCUT2D eigenvalue weighted by Gasteiger charge is 1.94. The Labute approximate surface area is 116 Å². The zero-order chi connectivity index (χ0) is 13.6. The Bertz CT molecular complexity index is 293. The van der Waals surface area contributed by atoms with Crippen molar-refractivity contribution < 1.29 is 9.84 Å². The third-order valence-electron chi connectivity index (χ3n) is 2.91. The fourth-order valence-electron chi connectivity index (χ4n) is 1.84. The van der Waals surface area contributed by atoms with Gasteiger partial charge in [0.1, 0.15) is 0 Å². The van der Waals surface area contributed by atoms with Crippen molar-refractivity contribution in [3.8, 4) is 0 Å². The molecule has 0 amide bonds. The van der Waals surface area contributed by atoms with Crippen LogP contribution in [0.5, 0.6) is 0 Å². The number of rotatable bonds is 12. The number of aliphatic hydroxyl groups excluding tert-OH is 1. The number of aliphatic hydroxyl groups is 1. The van der Waals surface area contributed by atoms with E-state index in [9.17, 15) is 0 Å². The average molecular weight is 266 g/mol. The molecule has 0 aromatic carbocycles. The molecule has 0 aliphatic rings. The maximum Gasteiger partial charge on any atom is 0.0555 e. The second kappa shape index (κ2) is 12.1. The van der Waals surface area contributed by atoms with Crippen LogP contribution in [-0.2, 0) is 11.2 Å². The molecule has 0 saturated carbocycles. The molecule has 0 spiro atoms. The summed E-state index contributed by atoms with van der Waals surface area (Å²) in [5.41, 5.74) is 1.09. The molecule has 1 aromatic heterocycles. The molecule has 108 valence electrons. The van der Waals surface area contributed by atoms with Gasteiger partial charge in [-0.25, -0.2) is 0 Å². The fourth-order valence-corrected chi connectivity index (χ4v) is 1.84. The van der Waals surface area contributed by atoms with Crippen LogP contribution in [0.2, 0.25) is 0 Å². The average Bonchev–Trinajstić information content (AvgIpc) is 2.46. The molecule has 4 nitrogen and oxygen atoms in total. The lowest BCUT2D eigenvalue weighted by molar-refractivity contribution is 0.132. The number of pyridine rings is 1. The summed E-state index contributed by atoms with van der Waals surface area (Å²) in [5.74, 6) is 0. The molecule has 1 heterocycles.